The van der Waals surface area contributed by atoms with Crippen molar-refractivity contribution in [1.82, 2.24) is 13.7 Å². The van der Waals surface area contributed by atoms with E-state index in [2.05, 4.69) is 4.57 Å². The zero-order valence-electron chi connectivity index (χ0n) is 17.2. The minimum absolute atomic E-state index is 0.0678. The Morgan fingerprint density at radius 2 is 2.00 bits per heavy atom. The molecular weight excluding hydrogens is 402 g/mol. The van der Waals surface area contributed by atoms with Crippen LogP contribution in [0.25, 0.3) is 17.1 Å². The Hall–Kier alpha value is -2.73. The van der Waals surface area contributed by atoms with Crippen LogP contribution in [0.15, 0.2) is 46.4 Å². The summed E-state index contributed by atoms with van der Waals surface area (Å²) in [5.74, 6) is -0.826. The van der Waals surface area contributed by atoms with Gasteiger partial charge < -0.3 is 9.67 Å². The molecule has 0 saturated heterocycles. The first-order valence-corrected chi connectivity index (χ1v) is 10.7. The van der Waals surface area contributed by atoms with Gasteiger partial charge in [-0.15, -0.1) is 0 Å². The molecular formula is C23H26ClN3O3. The number of imidazole rings is 1. The maximum absolute atomic E-state index is 13.6. The molecule has 3 aromatic rings. The molecule has 0 spiro atoms. The van der Waals surface area contributed by atoms with E-state index >= 15 is 0 Å². The monoisotopic (exact) mass is 427 g/mol. The molecule has 0 radical (unpaired) electrons. The molecule has 1 aliphatic carbocycles. The minimum Gasteiger partial charge on any atom is -0.481 e. The Kier molecular flexibility index (Phi) is 5.60. The fraction of sp³-hybridized carbons (Fsp3) is 0.391. The van der Waals surface area contributed by atoms with E-state index < -0.39 is 5.97 Å². The molecule has 0 aliphatic heterocycles. The summed E-state index contributed by atoms with van der Waals surface area (Å²) in [5.41, 5.74) is 3.71. The van der Waals surface area contributed by atoms with Gasteiger partial charge in [0.05, 0.1) is 17.5 Å². The molecule has 4 rings (SSSR count). The van der Waals surface area contributed by atoms with Gasteiger partial charge in [-0.25, -0.2) is 4.79 Å². The van der Waals surface area contributed by atoms with Crippen molar-refractivity contribution in [3.63, 3.8) is 0 Å². The predicted octanol–water partition coefficient (Wildman–Crippen LogP) is 4.72. The average Bonchev–Trinajstić information content (AvgIpc) is 3.19. The van der Waals surface area contributed by atoms with Crippen molar-refractivity contribution < 1.29 is 9.90 Å². The van der Waals surface area contributed by atoms with Crippen molar-refractivity contribution >= 4 is 34.7 Å². The summed E-state index contributed by atoms with van der Waals surface area (Å²) >= 11 is 6.42. The standard InChI is InChI=1S/C23H26ClN3O3/c1-3-6-18(13-21(28)29)27-20-8-5-4-7-19(20)26(23(27)30)14-16-12-17(24)11-15-9-10-25(2)22(15)16/h4-5,7-11,16,18H,3,6,12-14H2,1-2H3,(H,28,29). The highest BCUT2D eigenvalue weighted by Gasteiger charge is 2.27. The SMILES string of the molecule is CCCC(CC(=O)O)n1c(=O)n(CC2CC(Cl)=Cc3ccn(C)c32)c2ccccc21. The van der Waals surface area contributed by atoms with E-state index in [0.29, 0.717) is 19.4 Å². The summed E-state index contributed by atoms with van der Waals surface area (Å²) in [5, 5.41) is 10.2. The van der Waals surface area contributed by atoms with Gasteiger partial charge in [0.1, 0.15) is 0 Å². The lowest BCUT2D eigenvalue weighted by atomic mass is 9.92. The highest BCUT2D eigenvalue weighted by molar-refractivity contribution is 6.31. The number of carboxylic acid groups (broad SMARTS) is 1. The molecule has 0 bridgehead atoms. The molecule has 7 heteroatoms. The molecule has 2 unspecified atom stereocenters. The zero-order valence-corrected chi connectivity index (χ0v) is 18.0. The van der Waals surface area contributed by atoms with Crippen LogP contribution in [0.4, 0.5) is 0 Å². The lowest BCUT2D eigenvalue weighted by Crippen LogP contribution is -2.30. The number of carbonyl (C=O) groups is 1. The first-order valence-electron chi connectivity index (χ1n) is 10.3. The van der Waals surface area contributed by atoms with E-state index in [1.807, 2.05) is 56.6 Å². The number of aromatic nitrogens is 3. The van der Waals surface area contributed by atoms with Gasteiger partial charge in [0, 0.05) is 42.5 Å². The Bertz CT molecular complexity index is 1180. The summed E-state index contributed by atoms with van der Waals surface area (Å²) in [6.07, 6.45) is 6.05. The number of carboxylic acids is 1. The number of hydrogen-bond acceptors (Lipinski definition) is 2. The fourth-order valence-electron chi connectivity index (χ4n) is 4.76. The van der Waals surface area contributed by atoms with Gasteiger partial charge in [-0.3, -0.25) is 13.9 Å². The van der Waals surface area contributed by atoms with Gasteiger partial charge in [0.25, 0.3) is 0 Å². The number of hydrogen-bond donors (Lipinski definition) is 1. The number of benzene rings is 1. The van der Waals surface area contributed by atoms with Crippen LogP contribution in [0.5, 0.6) is 0 Å². The van der Waals surface area contributed by atoms with E-state index in [1.165, 1.54) is 5.69 Å². The molecule has 1 N–H and O–H groups in total. The topological polar surface area (TPSA) is 69.2 Å². The van der Waals surface area contributed by atoms with Crippen LogP contribution in [0.1, 0.15) is 55.8 Å². The molecule has 158 valence electrons. The average molecular weight is 428 g/mol. The van der Waals surface area contributed by atoms with Crippen LogP contribution in [0.2, 0.25) is 0 Å². The van der Waals surface area contributed by atoms with Crippen molar-refractivity contribution in [2.75, 3.05) is 0 Å². The third-order valence-corrected chi connectivity index (χ3v) is 6.23. The molecule has 2 heterocycles. The number of para-hydroxylation sites is 2. The maximum Gasteiger partial charge on any atom is 0.329 e. The van der Waals surface area contributed by atoms with Gasteiger partial charge in [0.15, 0.2) is 0 Å². The van der Waals surface area contributed by atoms with Gasteiger partial charge in [-0.1, -0.05) is 37.1 Å². The predicted molar refractivity (Wildman–Crippen MR) is 119 cm³/mol. The number of aryl methyl sites for hydroxylation is 1. The molecule has 1 aromatic carbocycles. The van der Waals surface area contributed by atoms with E-state index in [9.17, 15) is 14.7 Å². The number of aliphatic carboxylic acids is 1. The lowest BCUT2D eigenvalue weighted by Gasteiger charge is -2.23. The Morgan fingerprint density at radius 3 is 2.70 bits per heavy atom. The number of rotatable bonds is 7. The van der Waals surface area contributed by atoms with Crippen LogP contribution in [0.3, 0.4) is 0 Å². The second-order valence-corrected chi connectivity index (χ2v) is 8.54. The summed E-state index contributed by atoms with van der Waals surface area (Å²) in [6.45, 7) is 2.50. The van der Waals surface area contributed by atoms with Crippen LogP contribution in [-0.4, -0.2) is 24.8 Å². The smallest absolute Gasteiger partial charge is 0.329 e. The van der Waals surface area contributed by atoms with Gasteiger partial charge in [-0.2, -0.15) is 0 Å². The van der Waals surface area contributed by atoms with Gasteiger partial charge in [0.2, 0.25) is 0 Å². The summed E-state index contributed by atoms with van der Waals surface area (Å²) in [4.78, 5) is 25.0. The Morgan fingerprint density at radius 1 is 1.27 bits per heavy atom. The summed E-state index contributed by atoms with van der Waals surface area (Å²) in [6, 6.07) is 9.31. The van der Waals surface area contributed by atoms with Gasteiger partial charge in [-0.05, 0) is 42.7 Å². The number of allylic oxidation sites excluding steroid dienone is 1. The number of halogens is 1. The summed E-state index contributed by atoms with van der Waals surface area (Å²) in [7, 11) is 2.01. The Labute approximate surface area is 180 Å². The van der Waals surface area contributed by atoms with E-state index in [0.717, 1.165) is 28.0 Å². The van der Waals surface area contributed by atoms with Crippen molar-refractivity contribution in [3.05, 3.63) is 63.3 Å². The van der Waals surface area contributed by atoms with E-state index in [1.54, 1.807) is 9.13 Å². The first-order chi connectivity index (χ1) is 14.4. The normalized spacial score (nSPS) is 17.0. The Balaban J connectivity index is 1.82. The molecule has 1 aliphatic rings. The third kappa shape index (κ3) is 3.60. The highest BCUT2D eigenvalue weighted by Crippen LogP contribution is 2.37. The van der Waals surface area contributed by atoms with Crippen LogP contribution in [0, 0.1) is 0 Å². The number of nitrogens with zero attached hydrogens (tertiary/aromatic N) is 3. The fourth-order valence-corrected chi connectivity index (χ4v) is 5.06. The quantitative estimate of drug-likeness (QED) is 0.592. The van der Waals surface area contributed by atoms with Crippen LogP contribution >= 0.6 is 11.6 Å². The molecule has 0 saturated carbocycles. The first kappa shape index (κ1) is 20.5. The van der Waals surface area contributed by atoms with Crippen molar-refractivity contribution in [2.45, 2.75) is 51.1 Å². The molecule has 2 aromatic heterocycles. The van der Waals surface area contributed by atoms with Crippen molar-refractivity contribution in [1.29, 1.82) is 0 Å². The van der Waals surface area contributed by atoms with E-state index in [-0.39, 0.29) is 24.1 Å². The van der Waals surface area contributed by atoms with Crippen molar-refractivity contribution in [2.24, 2.45) is 7.05 Å². The largest absolute Gasteiger partial charge is 0.481 e. The van der Waals surface area contributed by atoms with Crippen LogP contribution < -0.4 is 5.69 Å². The third-order valence-electron chi connectivity index (χ3n) is 5.96. The molecule has 0 amide bonds. The van der Waals surface area contributed by atoms with Crippen LogP contribution in [-0.2, 0) is 18.4 Å². The minimum atomic E-state index is -0.894. The number of fused-ring (bicyclic) bond motifs is 2. The highest BCUT2D eigenvalue weighted by atomic mass is 35.5. The molecule has 2 atom stereocenters. The second kappa shape index (κ2) is 8.19. The summed E-state index contributed by atoms with van der Waals surface area (Å²) < 4.78 is 5.56. The molecule has 6 nitrogen and oxygen atoms in total. The van der Waals surface area contributed by atoms with Crippen molar-refractivity contribution in [3.8, 4) is 0 Å². The maximum atomic E-state index is 13.6. The second-order valence-electron chi connectivity index (χ2n) is 8.05. The zero-order chi connectivity index (χ0) is 21.4. The lowest BCUT2D eigenvalue weighted by molar-refractivity contribution is -0.137. The van der Waals surface area contributed by atoms with Gasteiger partial charge >= 0.3 is 11.7 Å². The van der Waals surface area contributed by atoms with E-state index in [4.69, 9.17) is 11.6 Å². The molecule has 0 fully saturated rings. The molecule has 30 heavy (non-hydrogen) atoms.